The first-order chi connectivity index (χ1) is 14.6. The maximum Gasteiger partial charge on any atom is 0.242 e. The third-order valence-corrected chi connectivity index (χ3v) is 5.34. The zero-order valence-corrected chi connectivity index (χ0v) is 16.0. The number of aromatic nitrogens is 2. The number of benzene rings is 3. The number of para-hydroxylation sites is 2. The number of imidazole rings is 1. The Morgan fingerprint density at radius 2 is 1.53 bits per heavy atom. The van der Waals surface area contributed by atoms with E-state index in [1.165, 1.54) is 0 Å². The van der Waals surface area contributed by atoms with Crippen molar-refractivity contribution in [2.75, 3.05) is 6.61 Å². The molecule has 1 aliphatic carbocycles. The normalized spacial score (nSPS) is 13.8. The Morgan fingerprint density at radius 1 is 0.867 bits per heavy atom. The zero-order chi connectivity index (χ0) is 20.7. The van der Waals surface area contributed by atoms with Crippen LogP contribution in [0, 0.1) is 0 Å². The molecule has 5 rings (SSSR count). The Kier molecular flexibility index (Phi) is 4.41. The maximum atomic E-state index is 12.8. The molecule has 6 heteroatoms. The third kappa shape index (κ3) is 3.07. The third-order valence-electron chi connectivity index (χ3n) is 5.34. The van der Waals surface area contributed by atoms with Gasteiger partial charge in [-0.05, 0) is 30.3 Å². The van der Waals surface area contributed by atoms with Gasteiger partial charge in [-0.2, -0.15) is 0 Å². The van der Waals surface area contributed by atoms with Crippen LogP contribution in [0.1, 0.15) is 31.8 Å². The Hall–Kier alpha value is -3.77. The van der Waals surface area contributed by atoms with Crippen molar-refractivity contribution in [2.45, 2.75) is 12.6 Å². The fourth-order valence-electron chi connectivity index (χ4n) is 3.85. The van der Waals surface area contributed by atoms with E-state index in [4.69, 9.17) is 4.74 Å². The molecule has 1 atom stereocenters. The van der Waals surface area contributed by atoms with Gasteiger partial charge in [-0.1, -0.05) is 36.4 Å². The first-order valence-corrected chi connectivity index (χ1v) is 9.71. The van der Waals surface area contributed by atoms with Crippen LogP contribution in [0.4, 0.5) is 0 Å². The average Bonchev–Trinajstić information content (AvgIpc) is 3.19. The lowest BCUT2D eigenvalue weighted by Gasteiger charge is -2.18. The summed E-state index contributed by atoms with van der Waals surface area (Å²) in [5, 5.41) is 10.4. The minimum atomic E-state index is -0.747. The van der Waals surface area contributed by atoms with E-state index in [-0.39, 0.29) is 18.2 Å². The highest BCUT2D eigenvalue weighted by Crippen LogP contribution is 2.29. The lowest BCUT2D eigenvalue weighted by atomic mass is 9.84. The second-order valence-corrected chi connectivity index (χ2v) is 7.32. The second kappa shape index (κ2) is 7.24. The summed E-state index contributed by atoms with van der Waals surface area (Å²) in [6.45, 7) is 0.420. The SMILES string of the molecule is O=C1c2ccccc2C(=O)c2cc(OCC(O)C[n+]3c[nH]c4ccccc43)ccc21. The summed E-state index contributed by atoms with van der Waals surface area (Å²) in [4.78, 5) is 28.7. The van der Waals surface area contributed by atoms with E-state index in [9.17, 15) is 14.7 Å². The summed E-state index contributed by atoms with van der Waals surface area (Å²) in [5.41, 5.74) is 3.52. The molecule has 0 spiro atoms. The fraction of sp³-hybridized carbons (Fsp3) is 0.125. The lowest BCUT2D eigenvalue weighted by molar-refractivity contribution is -0.678. The molecule has 0 bridgehead atoms. The quantitative estimate of drug-likeness (QED) is 0.445. The second-order valence-electron chi connectivity index (χ2n) is 7.32. The number of nitrogens with one attached hydrogen (secondary N) is 1. The van der Waals surface area contributed by atoms with Gasteiger partial charge in [0.15, 0.2) is 22.6 Å². The van der Waals surface area contributed by atoms with Crippen LogP contribution < -0.4 is 9.30 Å². The molecule has 1 heterocycles. The topological polar surface area (TPSA) is 83.3 Å². The molecule has 3 aromatic carbocycles. The standard InChI is InChI=1S/C24H18N2O4/c27-15(12-26-14-25-21-7-3-4-8-22(21)26)13-30-16-9-10-19-20(11-16)24(29)18-6-2-1-5-17(18)23(19)28/h1-11,14-15,27H,12-13H2/p+1. The first kappa shape index (κ1) is 18.3. The lowest BCUT2D eigenvalue weighted by Crippen LogP contribution is -2.40. The number of nitrogens with zero attached hydrogens (tertiary/aromatic N) is 1. The minimum absolute atomic E-state index is 0.0595. The molecule has 0 amide bonds. The van der Waals surface area contributed by atoms with Crippen LogP contribution in [0.2, 0.25) is 0 Å². The number of fused-ring (bicyclic) bond motifs is 3. The molecule has 30 heavy (non-hydrogen) atoms. The molecule has 0 fully saturated rings. The van der Waals surface area contributed by atoms with Gasteiger partial charge in [-0.15, -0.1) is 0 Å². The van der Waals surface area contributed by atoms with Gasteiger partial charge < -0.3 is 9.84 Å². The van der Waals surface area contributed by atoms with Gasteiger partial charge in [0.25, 0.3) is 0 Å². The number of rotatable bonds is 5. The number of H-pyrrole nitrogens is 1. The molecule has 0 radical (unpaired) electrons. The summed E-state index contributed by atoms with van der Waals surface area (Å²) in [6.07, 6.45) is 1.07. The van der Waals surface area contributed by atoms with Gasteiger partial charge in [0.05, 0.1) is 0 Å². The van der Waals surface area contributed by atoms with Gasteiger partial charge >= 0.3 is 0 Å². The van der Waals surface area contributed by atoms with Gasteiger partial charge in [-0.3, -0.25) is 9.59 Å². The number of hydrogen-bond acceptors (Lipinski definition) is 4. The largest absolute Gasteiger partial charge is 0.491 e. The van der Waals surface area contributed by atoms with E-state index in [0.717, 1.165) is 11.0 Å². The average molecular weight is 399 g/mol. The van der Waals surface area contributed by atoms with Crippen molar-refractivity contribution in [2.24, 2.45) is 0 Å². The molecular weight excluding hydrogens is 380 g/mol. The maximum absolute atomic E-state index is 12.8. The Morgan fingerprint density at radius 3 is 2.33 bits per heavy atom. The van der Waals surface area contributed by atoms with Crippen LogP contribution in [0.5, 0.6) is 5.75 Å². The van der Waals surface area contributed by atoms with Gasteiger partial charge in [0, 0.05) is 22.3 Å². The molecule has 1 unspecified atom stereocenters. The Bertz CT molecular complexity index is 1290. The molecule has 0 saturated heterocycles. The van der Waals surface area contributed by atoms with E-state index in [0.29, 0.717) is 34.5 Å². The number of ketones is 2. The van der Waals surface area contributed by atoms with Crippen LogP contribution in [-0.4, -0.2) is 34.4 Å². The number of carbonyl (C=O) groups is 2. The van der Waals surface area contributed by atoms with Gasteiger partial charge in [0.1, 0.15) is 25.0 Å². The summed E-state index contributed by atoms with van der Waals surface area (Å²) in [7, 11) is 0. The Balaban J connectivity index is 1.32. The molecule has 148 valence electrons. The number of carbonyl (C=O) groups excluding carboxylic acids is 2. The summed E-state index contributed by atoms with van der Waals surface area (Å²) in [5.74, 6) is 0.0836. The predicted molar refractivity (Wildman–Crippen MR) is 110 cm³/mol. The molecule has 1 aromatic heterocycles. The predicted octanol–water partition coefficient (Wildman–Crippen LogP) is 2.67. The molecule has 0 saturated carbocycles. The van der Waals surface area contributed by atoms with Crippen molar-refractivity contribution in [1.82, 2.24) is 4.98 Å². The van der Waals surface area contributed by atoms with E-state index in [1.54, 1.807) is 42.5 Å². The fourth-order valence-corrected chi connectivity index (χ4v) is 3.85. The van der Waals surface area contributed by atoms with Crippen molar-refractivity contribution >= 4 is 22.6 Å². The van der Waals surface area contributed by atoms with Crippen LogP contribution >= 0.6 is 0 Å². The molecule has 0 aliphatic heterocycles. The summed E-state index contributed by atoms with van der Waals surface area (Å²) < 4.78 is 7.66. The summed E-state index contributed by atoms with van der Waals surface area (Å²) in [6, 6.07) is 19.5. The molecule has 4 aromatic rings. The summed E-state index contributed by atoms with van der Waals surface area (Å²) >= 11 is 0. The smallest absolute Gasteiger partial charge is 0.242 e. The van der Waals surface area contributed by atoms with Crippen LogP contribution in [-0.2, 0) is 6.54 Å². The van der Waals surface area contributed by atoms with Crippen molar-refractivity contribution < 1.29 is 24.0 Å². The van der Waals surface area contributed by atoms with Crippen molar-refractivity contribution in [3.63, 3.8) is 0 Å². The van der Waals surface area contributed by atoms with Gasteiger partial charge in [0.2, 0.25) is 6.33 Å². The van der Waals surface area contributed by atoms with Crippen LogP contribution in [0.25, 0.3) is 11.0 Å². The van der Waals surface area contributed by atoms with Crippen LogP contribution in [0.15, 0.2) is 73.1 Å². The van der Waals surface area contributed by atoms with E-state index < -0.39 is 6.10 Å². The number of aliphatic hydroxyl groups is 1. The van der Waals surface area contributed by atoms with E-state index in [1.807, 2.05) is 35.2 Å². The zero-order valence-electron chi connectivity index (χ0n) is 16.0. The first-order valence-electron chi connectivity index (χ1n) is 9.71. The number of hydrogen-bond donors (Lipinski definition) is 2. The minimum Gasteiger partial charge on any atom is -0.491 e. The highest BCUT2D eigenvalue weighted by Gasteiger charge is 2.29. The monoisotopic (exact) mass is 399 g/mol. The van der Waals surface area contributed by atoms with Crippen molar-refractivity contribution in [3.8, 4) is 5.75 Å². The molecular formula is C24H19N2O4+. The number of aliphatic hydroxyl groups excluding tert-OH is 1. The molecule has 2 N–H and O–H groups in total. The molecule has 6 nitrogen and oxygen atoms in total. The van der Waals surface area contributed by atoms with E-state index in [2.05, 4.69) is 4.98 Å². The number of aromatic amines is 1. The Labute approximate surface area is 172 Å². The molecule has 1 aliphatic rings. The van der Waals surface area contributed by atoms with Crippen LogP contribution in [0.3, 0.4) is 0 Å². The van der Waals surface area contributed by atoms with Crippen molar-refractivity contribution in [3.05, 3.63) is 95.3 Å². The highest BCUT2D eigenvalue weighted by atomic mass is 16.5. The van der Waals surface area contributed by atoms with Crippen molar-refractivity contribution in [1.29, 1.82) is 0 Å². The highest BCUT2D eigenvalue weighted by molar-refractivity contribution is 6.28. The van der Waals surface area contributed by atoms with Gasteiger partial charge in [-0.25, -0.2) is 9.55 Å². The number of ether oxygens (including phenoxy) is 1. The van der Waals surface area contributed by atoms with E-state index >= 15 is 0 Å².